The molecule has 3 aromatic heterocycles. The maximum atomic E-state index is 14.0. The molecule has 294 valence electrons. The summed E-state index contributed by atoms with van der Waals surface area (Å²) in [6, 6.07) is -6.51. The SMILES string of the molecule is CC(C)C[C@H](NC(=O)[C@@H](N)CC(C)C)C(=O)N1CCC[C@H]1C(=O)N[C@@H](Cc1cnc[nH]1)C(=O)N[C@@H](Cc1cnc[nH]1)C(=O)N[C@@H](Cc1cnc[nH]1)C(=O)O. The number of carbonyl (C=O) groups is 6. The Bertz CT molecular complexity index is 1680. The molecule has 0 spiro atoms. The Morgan fingerprint density at radius 3 is 1.65 bits per heavy atom. The highest BCUT2D eigenvalue weighted by Crippen LogP contribution is 2.21. The summed E-state index contributed by atoms with van der Waals surface area (Å²) < 4.78 is 0. The molecule has 1 saturated heterocycles. The lowest BCUT2D eigenvalue weighted by molar-refractivity contribution is -0.143. The number of imidazole rings is 3. The largest absolute Gasteiger partial charge is 0.480 e. The zero-order valence-corrected chi connectivity index (χ0v) is 31.0. The van der Waals surface area contributed by atoms with E-state index in [1.807, 2.05) is 27.7 Å². The number of likely N-dealkylation sites (tertiary alicyclic amines) is 1. The summed E-state index contributed by atoms with van der Waals surface area (Å²) in [6.45, 7) is 8.02. The first kappa shape index (κ1) is 41.2. The Morgan fingerprint density at radius 1 is 0.722 bits per heavy atom. The number of H-pyrrole nitrogens is 3. The molecule has 10 N–H and O–H groups in total. The molecule has 4 heterocycles. The van der Waals surface area contributed by atoms with E-state index in [1.165, 1.54) is 42.5 Å². The molecule has 54 heavy (non-hydrogen) atoms. The maximum absolute atomic E-state index is 14.0. The van der Waals surface area contributed by atoms with Crippen LogP contribution in [0.2, 0.25) is 0 Å². The van der Waals surface area contributed by atoms with Crippen LogP contribution in [-0.4, -0.2) is 118 Å². The second-order valence-corrected chi connectivity index (χ2v) is 14.5. The first-order chi connectivity index (χ1) is 25.7. The zero-order chi connectivity index (χ0) is 39.4. The van der Waals surface area contributed by atoms with Crippen molar-refractivity contribution in [2.24, 2.45) is 17.6 Å². The maximum Gasteiger partial charge on any atom is 0.326 e. The third kappa shape index (κ3) is 12.0. The van der Waals surface area contributed by atoms with E-state index in [9.17, 15) is 33.9 Å². The lowest BCUT2D eigenvalue weighted by Crippen LogP contribution is -2.59. The monoisotopic (exact) mass is 752 g/mol. The summed E-state index contributed by atoms with van der Waals surface area (Å²) in [5.74, 6) is -4.04. The Labute approximate surface area is 312 Å². The van der Waals surface area contributed by atoms with Crippen LogP contribution in [0.15, 0.2) is 37.6 Å². The second-order valence-electron chi connectivity index (χ2n) is 14.5. The summed E-state index contributed by atoms with van der Waals surface area (Å²) in [6.07, 6.45) is 10.0. The number of carbonyl (C=O) groups excluding carboxylic acids is 5. The normalized spacial score (nSPS) is 17.0. The van der Waals surface area contributed by atoms with Gasteiger partial charge in [0.15, 0.2) is 0 Å². The molecule has 5 amide bonds. The fourth-order valence-electron chi connectivity index (χ4n) is 6.37. The summed E-state index contributed by atoms with van der Waals surface area (Å²) >= 11 is 0. The number of nitrogens with one attached hydrogen (secondary N) is 7. The van der Waals surface area contributed by atoms with Crippen molar-refractivity contribution in [1.82, 2.24) is 56.1 Å². The number of aromatic nitrogens is 6. The molecule has 1 fully saturated rings. The van der Waals surface area contributed by atoms with Crippen molar-refractivity contribution in [3.63, 3.8) is 0 Å². The van der Waals surface area contributed by atoms with Gasteiger partial charge in [0.1, 0.15) is 30.2 Å². The Balaban J connectivity index is 1.52. The van der Waals surface area contributed by atoms with E-state index in [2.05, 4.69) is 51.2 Å². The van der Waals surface area contributed by atoms with Gasteiger partial charge < -0.3 is 52.0 Å². The number of amides is 5. The van der Waals surface area contributed by atoms with Crippen molar-refractivity contribution in [3.05, 3.63) is 54.7 Å². The van der Waals surface area contributed by atoms with E-state index < -0.39 is 71.8 Å². The quantitative estimate of drug-likeness (QED) is 0.0697. The Kier molecular flexibility index (Phi) is 14.8. The zero-order valence-electron chi connectivity index (χ0n) is 31.0. The van der Waals surface area contributed by atoms with Crippen molar-refractivity contribution < 1.29 is 33.9 Å². The number of nitrogens with zero attached hydrogens (tertiary/aromatic N) is 4. The van der Waals surface area contributed by atoms with Gasteiger partial charge in [-0.1, -0.05) is 27.7 Å². The van der Waals surface area contributed by atoms with E-state index >= 15 is 0 Å². The van der Waals surface area contributed by atoms with Gasteiger partial charge in [-0.3, -0.25) is 24.0 Å². The predicted molar refractivity (Wildman–Crippen MR) is 194 cm³/mol. The summed E-state index contributed by atoms with van der Waals surface area (Å²) in [5.41, 5.74) is 7.58. The predicted octanol–water partition coefficient (Wildman–Crippen LogP) is -0.682. The van der Waals surface area contributed by atoms with Gasteiger partial charge in [0, 0.05) is 61.5 Å². The van der Waals surface area contributed by atoms with Crippen LogP contribution in [0.4, 0.5) is 0 Å². The third-order valence-corrected chi connectivity index (χ3v) is 9.04. The van der Waals surface area contributed by atoms with E-state index in [-0.39, 0.29) is 37.6 Å². The van der Waals surface area contributed by atoms with Crippen LogP contribution in [0.5, 0.6) is 0 Å². The van der Waals surface area contributed by atoms with Crippen molar-refractivity contribution >= 4 is 35.5 Å². The van der Waals surface area contributed by atoms with Gasteiger partial charge in [-0.15, -0.1) is 0 Å². The van der Waals surface area contributed by atoms with Crippen LogP contribution < -0.4 is 27.0 Å². The lowest BCUT2D eigenvalue weighted by atomic mass is 10.00. The molecule has 0 unspecified atom stereocenters. The number of aliphatic carboxylic acids is 1. The van der Waals surface area contributed by atoms with Crippen molar-refractivity contribution in [3.8, 4) is 0 Å². The average Bonchev–Trinajstić information content (AvgIpc) is 3.95. The molecule has 0 saturated carbocycles. The molecule has 4 rings (SSSR count). The fraction of sp³-hybridized carbons (Fsp3) is 0.571. The molecule has 0 radical (unpaired) electrons. The van der Waals surface area contributed by atoms with Gasteiger partial charge in [0.05, 0.1) is 25.0 Å². The van der Waals surface area contributed by atoms with Crippen LogP contribution in [0, 0.1) is 11.8 Å². The molecule has 1 aliphatic heterocycles. The molecule has 0 bridgehead atoms. The van der Waals surface area contributed by atoms with Crippen molar-refractivity contribution in [2.45, 2.75) is 109 Å². The van der Waals surface area contributed by atoms with E-state index in [0.717, 1.165) is 0 Å². The smallest absolute Gasteiger partial charge is 0.326 e. The lowest BCUT2D eigenvalue weighted by Gasteiger charge is -2.31. The van der Waals surface area contributed by atoms with Crippen LogP contribution in [0.25, 0.3) is 0 Å². The minimum absolute atomic E-state index is 0.0427. The minimum atomic E-state index is -1.35. The minimum Gasteiger partial charge on any atom is -0.480 e. The molecule has 1 aliphatic rings. The number of carboxylic acids is 1. The van der Waals surface area contributed by atoms with E-state index in [0.29, 0.717) is 42.8 Å². The van der Waals surface area contributed by atoms with Crippen molar-refractivity contribution in [1.29, 1.82) is 0 Å². The van der Waals surface area contributed by atoms with Gasteiger partial charge in [0.25, 0.3) is 0 Å². The number of rotatable bonds is 20. The van der Waals surface area contributed by atoms with E-state index in [4.69, 9.17) is 5.73 Å². The standard InChI is InChI=1S/C35H52N12O7/c1-19(2)8-24(36)30(48)45-27(9-20(3)4)34(52)47-7-5-6-29(47)33(51)44-26(11-22-14-38-17-41-22)31(49)43-25(10-21-13-37-16-40-21)32(50)46-28(35(53)54)12-23-15-39-18-42-23/h13-20,24-29H,5-12,36H2,1-4H3,(H,37,40)(H,38,41)(H,39,42)(H,43,49)(H,44,51)(H,45,48)(H,46,50)(H,53,54)/t24-,25-,26-,27-,28-,29-/m0/s1. The third-order valence-electron chi connectivity index (χ3n) is 9.04. The highest BCUT2D eigenvalue weighted by Gasteiger charge is 2.40. The van der Waals surface area contributed by atoms with Crippen molar-refractivity contribution in [2.75, 3.05) is 6.54 Å². The number of hydrogen-bond acceptors (Lipinski definition) is 10. The topological polar surface area (TPSA) is 286 Å². The molecule has 19 nitrogen and oxygen atoms in total. The van der Waals surface area contributed by atoms with Gasteiger partial charge in [-0.05, 0) is 37.5 Å². The molecule has 0 aromatic carbocycles. The van der Waals surface area contributed by atoms with Crippen LogP contribution >= 0.6 is 0 Å². The average molecular weight is 753 g/mol. The summed E-state index contributed by atoms with van der Waals surface area (Å²) in [7, 11) is 0. The van der Waals surface area contributed by atoms with Crippen LogP contribution in [0.1, 0.15) is 70.5 Å². The highest BCUT2D eigenvalue weighted by molar-refractivity contribution is 5.96. The van der Waals surface area contributed by atoms with Gasteiger partial charge in [0.2, 0.25) is 29.5 Å². The molecule has 6 atom stereocenters. The summed E-state index contributed by atoms with van der Waals surface area (Å²) in [4.78, 5) is 102. The molecule has 0 aliphatic carbocycles. The number of hydrogen-bond donors (Lipinski definition) is 9. The molecular formula is C35H52N12O7. The second kappa shape index (κ2) is 19.5. The Morgan fingerprint density at radius 2 is 1.19 bits per heavy atom. The number of aromatic amines is 3. The van der Waals surface area contributed by atoms with Crippen LogP contribution in [-0.2, 0) is 48.0 Å². The van der Waals surface area contributed by atoms with Crippen LogP contribution in [0.3, 0.4) is 0 Å². The number of carboxylic acid groups (broad SMARTS) is 1. The molecule has 19 heteroatoms. The molecular weight excluding hydrogens is 700 g/mol. The first-order valence-electron chi connectivity index (χ1n) is 18.1. The van der Waals surface area contributed by atoms with Gasteiger partial charge >= 0.3 is 5.97 Å². The fourth-order valence-corrected chi connectivity index (χ4v) is 6.37. The van der Waals surface area contributed by atoms with Gasteiger partial charge in [-0.2, -0.15) is 0 Å². The van der Waals surface area contributed by atoms with E-state index in [1.54, 1.807) is 0 Å². The van der Waals surface area contributed by atoms with Gasteiger partial charge in [-0.25, -0.2) is 19.7 Å². The number of nitrogens with two attached hydrogens (primary N) is 1. The first-order valence-corrected chi connectivity index (χ1v) is 18.1. The highest BCUT2D eigenvalue weighted by atomic mass is 16.4. The Hall–Kier alpha value is -5.59. The molecule has 3 aromatic rings. The summed E-state index contributed by atoms with van der Waals surface area (Å²) in [5, 5.41) is 20.6.